The Morgan fingerprint density at radius 2 is 1.17 bits per heavy atom. The molecule has 0 aliphatic heterocycles. The van der Waals surface area contributed by atoms with E-state index in [9.17, 15) is 9.59 Å². The molecule has 0 saturated heterocycles. The van der Waals surface area contributed by atoms with Crippen LogP contribution in [0.15, 0.2) is 36.4 Å². The number of hydrogen-bond donors (Lipinski definition) is 0. The smallest absolute Gasteiger partial charge is 0.346 e. The Morgan fingerprint density at radius 3 is 1.52 bits per heavy atom. The van der Waals surface area contributed by atoms with Gasteiger partial charge in [-0.1, -0.05) is 38.1 Å². The fourth-order valence-electron chi connectivity index (χ4n) is 2.41. The lowest BCUT2D eigenvalue weighted by Gasteiger charge is -2.10. The molecule has 23 heavy (non-hydrogen) atoms. The van der Waals surface area contributed by atoms with E-state index < -0.39 is 11.9 Å². The van der Waals surface area contributed by atoms with Crippen molar-refractivity contribution in [3.63, 3.8) is 0 Å². The lowest BCUT2D eigenvalue weighted by atomic mass is 10.0. The first-order chi connectivity index (χ1) is 11.0. The average molecular weight is 310 g/mol. The van der Waals surface area contributed by atoms with Crippen LogP contribution in [0.3, 0.4) is 0 Å². The van der Waals surface area contributed by atoms with Crippen LogP contribution in [-0.2, 0) is 17.6 Å². The second-order valence-corrected chi connectivity index (χ2v) is 5.68. The van der Waals surface area contributed by atoms with Crippen molar-refractivity contribution < 1.29 is 14.3 Å². The quantitative estimate of drug-likeness (QED) is 0.620. The summed E-state index contributed by atoms with van der Waals surface area (Å²) in [5.74, 6) is -1.19. The molecule has 0 N–H and O–H groups in total. The van der Waals surface area contributed by atoms with Crippen molar-refractivity contribution in [2.45, 2.75) is 40.5 Å². The van der Waals surface area contributed by atoms with Gasteiger partial charge in [-0.3, -0.25) is 0 Å². The van der Waals surface area contributed by atoms with Crippen LogP contribution < -0.4 is 0 Å². The van der Waals surface area contributed by atoms with Gasteiger partial charge in [0.15, 0.2) is 0 Å². The molecule has 0 atom stereocenters. The molecule has 0 aliphatic carbocycles. The standard InChI is InChI=1S/C20H22O3/c1-5-15-9-7-13(3)17(11-15)19(21)23-20(22)18-12-16(6-2)10-8-14(18)4/h7-12H,5-6H2,1-4H3. The average Bonchev–Trinajstić information content (AvgIpc) is 2.55. The predicted molar refractivity (Wildman–Crippen MR) is 90.9 cm³/mol. The molecule has 120 valence electrons. The van der Waals surface area contributed by atoms with Crippen LogP contribution in [0.4, 0.5) is 0 Å². The normalized spacial score (nSPS) is 10.4. The zero-order chi connectivity index (χ0) is 17.0. The molecule has 0 radical (unpaired) electrons. The van der Waals surface area contributed by atoms with Crippen molar-refractivity contribution in [2.75, 3.05) is 0 Å². The van der Waals surface area contributed by atoms with Crippen LogP contribution in [0.25, 0.3) is 0 Å². The molecular formula is C20H22O3. The molecule has 0 aliphatic rings. The first-order valence-corrected chi connectivity index (χ1v) is 7.91. The SMILES string of the molecule is CCc1ccc(C)c(C(=O)OC(=O)c2cc(CC)ccc2C)c1. The monoisotopic (exact) mass is 310 g/mol. The highest BCUT2D eigenvalue weighted by Gasteiger charge is 2.18. The van der Waals surface area contributed by atoms with Crippen LogP contribution in [0, 0.1) is 13.8 Å². The van der Waals surface area contributed by atoms with Crippen molar-refractivity contribution in [1.29, 1.82) is 0 Å². The van der Waals surface area contributed by atoms with E-state index in [4.69, 9.17) is 4.74 Å². The summed E-state index contributed by atoms with van der Waals surface area (Å²) >= 11 is 0. The molecule has 0 unspecified atom stereocenters. The van der Waals surface area contributed by atoms with Crippen LogP contribution in [0.5, 0.6) is 0 Å². The first kappa shape index (κ1) is 16.9. The molecule has 2 aromatic carbocycles. The van der Waals surface area contributed by atoms with Crippen LogP contribution >= 0.6 is 0 Å². The molecular weight excluding hydrogens is 288 g/mol. The van der Waals surface area contributed by atoms with E-state index in [1.54, 1.807) is 12.1 Å². The Morgan fingerprint density at radius 1 is 0.783 bits per heavy atom. The predicted octanol–water partition coefficient (Wildman–Crippen LogP) is 4.43. The highest BCUT2D eigenvalue weighted by molar-refractivity contribution is 6.03. The van der Waals surface area contributed by atoms with Gasteiger partial charge in [-0.15, -0.1) is 0 Å². The Kier molecular flexibility index (Phi) is 5.32. The highest BCUT2D eigenvalue weighted by Crippen LogP contribution is 2.17. The van der Waals surface area contributed by atoms with Gasteiger partial charge < -0.3 is 4.74 Å². The number of benzene rings is 2. The van der Waals surface area contributed by atoms with Gasteiger partial charge in [-0.05, 0) is 61.1 Å². The van der Waals surface area contributed by atoms with Gasteiger partial charge in [0.2, 0.25) is 0 Å². The second-order valence-electron chi connectivity index (χ2n) is 5.68. The summed E-state index contributed by atoms with van der Waals surface area (Å²) in [6.07, 6.45) is 1.65. The molecule has 0 aromatic heterocycles. The van der Waals surface area contributed by atoms with Gasteiger partial charge in [0, 0.05) is 0 Å². The molecule has 0 fully saturated rings. The molecule has 2 rings (SSSR count). The largest absolute Gasteiger partial charge is 0.386 e. The third kappa shape index (κ3) is 3.86. The highest BCUT2D eigenvalue weighted by atomic mass is 16.6. The number of aryl methyl sites for hydroxylation is 4. The summed E-state index contributed by atoms with van der Waals surface area (Å²) in [7, 11) is 0. The van der Waals surface area contributed by atoms with Crippen molar-refractivity contribution >= 4 is 11.9 Å². The maximum absolute atomic E-state index is 12.3. The Bertz CT molecular complexity index is 681. The number of hydrogen-bond acceptors (Lipinski definition) is 3. The van der Waals surface area contributed by atoms with Crippen LogP contribution in [0.1, 0.15) is 56.8 Å². The molecule has 0 bridgehead atoms. The first-order valence-electron chi connectivity index (χ1n) is 7.91. The number of carbonyl (C=O) groups is 2. The summed E-state index contributed by atoms with van der Waals surface area (Å²) in [4.78, 5) is 24.7. The van der Waals surface area contributed by atoms with Crippen LogP contribution in [-0.4, -0.2) is 11.9 Å². The number of carbonyl (C=O) groups excluding carboxylic acids is 2. The fraction of sp³-hybridized carbons (Fsp3) is 0.300. The van der Waals surface area contributed by atoms with Crippen molar-refractivity contribution in [3.05, 3.63) is 69.8 Å². The summed E-state index contributed by atoms with van der Waals surface area (Å²) in [5.41, 5.74) is 4.58. The lowest BCUT2D eigenvalue weighted by molar-refractivity contribution is 0.0396. The van der Waals surface area contributed by atoms with Crippen molar-refractivity contribution in [2.24, 2.45) is 0 Å². The minimum atomic E-state index is -0.593. The summed E-state index contributed by atoms with van der Waals surface area (Å²) in [5, 5.41) is 0. The fourth-order valence-corrected chi connectivity index (χ4v) is 2.41. The molecule has 0 spiro atoms. The topological polar surface area (TPSA) is 43.4 Å². The van der Waals surface area contributed by atoms with E-state index >= 15 is 0 Å². The van der Waals surface area contributed by atoms with E-state index in [1.807, 2.05) is 52.0 Å². The Hall–Kier alpha value is -2.42. The second kappa shape index (κ2) is 7.23. The maximum Gasteiger partial charge on any atom is 0.346 e. The van der Waals surface area contributed by atoms with Gasteiger partial charge >= 0.3 is 11.9 Å². The van der Waals surface area contributed by atoms with Crippen LogP contribution in [0.2, 0.25) is 0 Å². The number of esters is 2. The zero-order valence-corrected chi connectivity index (χ0v) is 14.1. The minimum absolute atomic E-state index is 0.446. The zero-order valence-electron chi connectivity index (χ0n) is 14.1. The molecule has 3 nitrogen and oxygen atoms in total. The third-order valence-electron chi connectivity index (χ3n) is 4.05. The lowest BCUT2D eigenvalue weighted by Crippen LogP contribution is -2.15. The van der Waals surface area contributed by atoms with Gasteiger partial charge in [-0.25, -0.2) is 9.59 Å². The van der Waals surface area contributed by atoms with Crippen molar-refractivity contribution in [1.82, 2.24) is 0 Å². The Balaban J connectivity index is 2.25. The van der Waals surface area contributed by atoms with Crippen molar-refractivity contribution in [3.8, 4) is 0 Å². The minimum Gasteiger partial charge on any atom is -0.386 e. The maximum atomic E-state index is 12.3. The van der Waals surface area contributed by atoms with E-state index in [-0.39, 0.29) is 0 Å². The van der Waals surface area contributed by atoms with E-state index in [0.29, 0.717) is 11.1 Å². The molecule has 0 amide bonds. The van der Waals surface area contributed by atoms with Gasteiger partial charge in [0.1, 0.15) is 0 Å². The van der Waals surface area contributed by atoms with Gasteiger partial charge in [0.05, 0.1) is 11.1 Å². The number of rotatable bonds is 4. The van der Waals surface area contributed by atoms with E-state index in [0.717, 1.165) is 35.1 Å². The molecule has 0 saturated carbocycles. The summed E-state index contributed by atoms with van der Waals surface area (Å²) in [6, 6.07) is 11.3. The molecule has 3 heteroatoms. The molecule has 0 heterocycles. The van der Waals surface area contributed by atoms with E-state index in [1.165, 1.54) is 0 Å². The number of ether oxygens (including phenoxy) is 1. The van der Waals surface area contributed by atoms with Gasteiger partial charge in [-0.2, -0.15) is 0 Å². The van der Waals surface area contributed by atoms with E-state index in [2.05, 4.69) is 0 Å². The summed E-state index contributed by atoms with van der Waals surface area (Å²) < 4.78 is 5.11. The third-order valence-corrected chi connectivity index (χ3v) is 4.05. The summed E-state index contributed by atoms with van der Waals surface area (Å²) in [6.45, 7) is 7.71. The molecule has 2 aromatic rings. The Labute approximate surface area is 137 Å². The van der Waals surface area contributed by atoms with Gasteiger partial charge in [0.25, 0.3) is 0 Å².